The Hall–Kier alpha value is -2.05. The van der Waals surface area contributed by atoms with Crippen molar-refractivity contribution < 1.29 is 13.2 Å². The Morgan fingerprint density at radius 3 is 2.36 bits per heavy atom. The van der Waals surface area contributed by atoms with Gasteiger partial charge in [0.2, 0.25) is 5.91 Å². The largest absolute Gasteiger partial charge is 0.341 e. The van der Waals surface area contributed by atoms with E-state index in [4.69, 9.17) is 11.6 Å². The number of hydrogen-bond acceptors (Lipinski definition) is 3. The van der Waals surface area contributed by atoms with E-state index in [2.05, 4.69) is 0 Å². The molecule has 0 aromatic heterocycles. The fraction of sp³-hybridized carbons (Fsp3) is 0.381. The van der Waals surface area contributed by atoms with Crippen molar-refractivity contribution in [2.75, 3.05) is 17.9 Å². The molecule has 150 valence electrons. The van der Waals surface area contributed by atoms with Crippen LogP contribution in [0.4, 0.5) is 5.69 Å². The van der Waals surface area contributed by atoms with Crippen LogP contribution in [-0.2, 0) is 14.8 Å². The standard InChI is InChI=1S/C21H25ClN2O3S/c1-16-19(22)13-8-14-20(16)24(28(26,27)18-11-4-3-5-12-18)15-21(25)23(2)17-9-6-7-10-17/h3-5,8,11-14,17H,6-7,9-10,15H2,1-2H3. The van der Waals surface area contributed by atoms with Crippen LogP contribution in [0.15, 0.2) is 53.4 Å². The molecule has 3 rings (SSSR count). The highest BCUT2D eigenvalue weighted by Crippen LogP contribution is 2.31. The van der Waals surface area contributed by atoms with Gasteiger partial charge in [0.25, 0.3) is 10.0 Å². The van der Waals surface area contributed by atoms with E-state index < -0.39 is 10.0 Å². The summed E-state index contributed by atoms with van der Waals surface area (Å²) in [5.41, 5.74) is 1.05. The summed E-state index contributed by atoms with van der Waals surface area (Å²) in [5.74, 6) is -0.217. The van der Waals surface area contributed by atoms with Crippen molar-refractivity contribution in [2.45, 2.75) is 43.5 Å². The van der Waals surface area contributed by atoms with Gasteiger partial charge in [0.15, 0.2) is 0 Å². The number of carbonyl (C=O) groups excluding carboxylic acids is 1. The number of nitrogens with zero attached hydrogens (tertiary/aromatic N) is 2. The second-order valence-electron chi connectivity index (χ2n) is 7.15. The van der Waals surface area contributed by atoms with Gasteiger partial charge in [0, 0.05) is 18.1 Å². The minimum atomic E-state index is -3.92. The zero-order chi connectivity index (χ0) is 20.3. The van der Waals surface area contributed by atoms with Gasteiger partial charge in [-0.05, 0) is 49.6 Å². The van der Waals surface area contributed by atoms with Crippen LogP contribution >= 0.6 is 11.6 Å². The molecule has 2 aromatic carbocycles. The number of anilines is 1. The average Bonchev–Trinajstić information content (AvgIpc) is 3.23. The topological polar surface area (TPSA) is 57.7 Å². The normalized spacial score (nSPS) is 14.8. The van der Waals surface area contributed by atoms with E-state index in [1.165, 1.54) is 16.4 Å². The molecule has 0 radical (unpaired) electrons. The maximum Gasteiger partial charge on any atom is 0.264 e. The molecule has 1 amide bonds. The highest BCUT2D eigenvalue weighted by molar-refractivity contribution is 7.92. The van der Waals surface area contributed by atoms with Gasteiger partial charge in [-0.15, -0.1) is 0 Å². The quantitative estimate of drug-likeness (QED) is 0.702. The molecule has 0 atom stereocenters. The molecule has 0 heterocycles. The lowest BCUT2D eigenvalue weighted by Gasteiger charge is -2.30. The van der Waals surface area contributed by atoms with Gasteiger partial charge in [-0.2, -0.15) is 0 Å². The zero-order valence-electron chi connectivity index (χ0n) is 16.1. The number of benzene rings is 2. The van der Waals surface area contributed by atoms with Crippen LogP contribution in [0.5, 0.6) is 0 Å². The molecular weight excluding hydrogens is 396 g/mol. The van der Waals surface area contributed by atoms with Gasteiger partial charge in [0.05, 0.1) is 10.6 Å². The summed E-state index contributed by atoms with van der Waals surface area (Å²) < 4.78 is 28.0. The van der Waals surface area contributed by atoms with Crippen molar-refractivity contribution >= 4 is 33.2 Å². The number of hydrogen-bond donors (Lipinski definition) is 0. The highest BCUT2D eigenvalue weighted by Gasteiger charge is 2.31. The van der Waals surface area contributed by atoms with Gasteiger partial charge < -0.3 is 4.90 Å². The lowest BCUT2D eigenvalue weighted by molar-refractivity contribution is -0.130. The fourth-order valence-corrected chi connectivity index (χ4v) is 5.28. The lowest BCUT2D eigenvalue weighted by Crippen LogP contribution is -2.44. The Morgan fingerprint density at radius 1 is 1.07 bits per heavy atom. The van der Waals surface area contributed by atoms with Gasteiger partial charge >= 0.3 is 0 Å². The van der Waals surface area contributed by atoms with E-state index >= 15 is 0 Å². The Bertz CT molecular complexity index is 941. The Morgan fingerprint density at radius 2 is 1.71 bits per heavy atom. The van der Waals surface area contributed by atoms with Gasteiger partial charge in [-0.25, -0.2) is 8.42 Å². The van der Waals surface area contributed by atoms with Gasteiger partial charge in [0.1, 0.15) is 6.54 Å². The SMILES string of the molecule is Cc1c(Cl)cccc1N(CC(=O)N(C)C1CCCC1)S(=O)(=O)c1ccccc1. The summed E-state index contributed by atoms with van der Waals surface area (Å²) in [5, 5.41) is 0.461. The summed E-state index contributed by atoms with van der Waals surface area (Å²) in [7, 11) is -2.16. The smallest absolute Gasteiger partial charge is 0.264 e. The monoisotopic (exact) mass is 420 g/mol. The molecule has 0 N–H and O–H groups in total. The van der Waals surface area contributed by atoms with Crippen LogP contribution in [0, 0.1) is 6.92 Å². The van der Waals surface area contributed by atoms with E-state index in [1.54, 1.807) is 55.3 Å². The molecular formula is C21H25ClN2O3S. The number of likely N-dealkylation sites (N-methyl/N-ethyl adjacent to an activating group) is 1. The molecule has 1 saturated carbocycles. The molecule has 0 saturated heterocycles. The maximum absolute atomic E-state index is 13.4. The average molecular weight is 421 g/mol. The molecule has 2 aromatic rings. The maximum atomic E-state index is 13.4. The minimum absolute atomic E-state index is 0.144. The molecule has 5 nitrogen and oxygen atoms in total. The number of carbonyl (C=O) groups is 1. The van der Waals surface area contributed by atoms with Crippen molar-refractivity contribution in [1.29, 1.82) is 0 Å². The highest BCUT2D eigenvalue weighted by atomic mass is 35.5. The zero-order valence-corrected chi connectivity index (χ0v) is 17.7. The first-order chi connectivity index (χ1) is 13.3. The third-order valence-corrected chi connectivity index (χ3v) is 7.57. The third kappa shape index (κ3) is 4.18. The summed E-state index contributed by atoms with van der Waals surface area (Å²) in [6, 6.07) is 13.4. The second kappa shape index (κ2) is 8.53. The summed E-state index contributed by atoms with van der Waals surface area (Å²) in [4.78, 5) is 14.8. The first kappa shape index (κ1) is 20.7. The first-order valence-corrected chi connectivity index (χ1v) is 11.2. The van der Waals surface area contributed by atoms with Crippen LogP contribution in [0.2, 0.25) is 5.02 Å². The molecule has 1 aliphatic carbocycles. The van der Waals surface area contributed by atoms with Crippen molar-refractivity contribution in [3.8, 4) is 0 Å². The van der Waals surface area contributed by atoms with Gasteiger partial charge in [-0.1, -0.05) is 48.7 Å². The number of rotatable bonds is 6. The Kier molecular flexibility index (Phi) is 6.30. The van der Waals surface area contributed by atoms with Crippen molar-refractivity contribution in [3.63, 3.8) is 0 Å². The molecule has 1 aliphatic rings. The molecule has 28 heavy (non-hydrogen) atoms. The molecule has 0 aliphatic heterocycles. The van der Waals surface area contributed by atoms with Crippen LogP contribution in [0.25, 0.3) is 0 Å². The van der Waals surface area contributed by atoms with E-state index in [9.17, 15) is 13.2 Å². The van der Waals surface area contributed by atoms with E-state index in [-0.39, 0.29) is 23.4 Å². The van der Waals surface area contributed by atoms with Crippen LogP contribution in [0.3, 0.4) is 0 Å². The molecule has 7 heteroatoms. The summed E-state index contributed by atoms with van der Waals surface area (Å²) in [6.07, 6.45) is 4.12. The Labute approximate surface area is 172 Å². The summed E-state index contributed by atoms with van der Waals surface area (Å²) >= 11 is 6.24. The van der Waals surface area contributed by atoms with Crippen molar-refractivity contribution in [3.05, 3.63) is 59.1 Å². The predicted molar refractivity (Wildman–Crippen MR) is 112 cm³/mol. The fourth-order valence-electron chi connectivity index (χ4n) is 3.62. The molecule has 1 fully saturated rings. The van der Waals surface area contributed by atoms with E-state index in [0.29, 0.717) is 16.3 Å². The van der Waals surface area contributed by atoms with Crippen molar-refractivity contribution in [2.24, 2.45) is 0 Å². The lowest BCUT2D eigenvalue weighted by atomic mass is 10.2. The molecule has 0 unspecified atom stereocenters. The number of amides is 1. The van der Waals surface area contributed by atoms with Gasteiger partial charge in [-0.3, -0.25) is 9.10 Å². The van der Waals surface area contributed by atoms with Crippen LogP contribution in [0.1, 0.15) is 31.2 Å². The second-order valence-corrected chi connectivity index (χ2v) is 9.42. The third-order valence-electron chi connectivity index (χ3n) is 5.38. The van der Waals surface area contributed by atoms with Crippen molar-refractivity contribution in [1.82, 2.24) is 4.90 Å². The van der Waals surface area contributed by atoms with Crippen LogP contribution in [-0.4, -0.2) is 38.9 Å². The Balaban J connectivity index is 2.00. The van der Waals surface area contributed by atoms with E-state index in [0.717, 1.165) is 25.7 Å². The molecule has 0 bridgehead atoms. The minimum Gasteiger partial charge on any atom is -0.341 e. The number of sulfonamides is 1. The van der Waals surface area contributed by atoms with Crippen LogP contribution < -0.4 is 4.31 Å². The molecule has 0 spiro atoms. The predicted octanol–water partition coefficient (Wildman–Crippen LogP) is 4.24. The summed E-state index contributed by atoms with van der Waals surface area (Å²) in [6.45, 7) is 1.50. The number of halogens is 1. The van der Waals surface area contributed by atoms with E-state index in [1.807, 2.05) is 0 Å². The first-order valence-electron chi connectivity index (χ1n) is 9.41.